The van der Waals surface area contributed by atoms with E-state index < -0.39 is 0 Å². The quantitative estimate of drug-likeness (QED) is 0.786. The zero-order chi connectivity index (χ0) is 20.1. The van der Waals surface area contributed by atoms with E-state index in [0.717, 1.165) is 62.0 Å². The second-order valence-electron chi connectivity index (χ2n) is 10.2. The van der Waals surface area contributed by atoms with E-state index in [1.807, 2.05) is 4.57 Å². The minimum atomic E-state index is 0.241. The van der Waals surface area contributed by atoms with E-state index in [4.69, 9.17) is 4.98 Å². The van der Waals surface area contributed by atoms with Crippen molar-refractivity contribution in [1.29, 1.82) is 0 Å². The number of hydrogen-bond acceptors (Lipinski definition) is 4. The van der Waals surface area contributed by atoms with Gasteiger partial charge in [0.05, 0.1) is 11.3 Å². The van der Waals surface area contributed by atoms with Gasteiger partial charge in [-0.2, -0.15) is 0 Å². The van der Waals surface area contributed by atoms with Crippen LogP contribution < -0.4 is 5.56 Å². The van der Waals surface area contributed by atoms with Gasteiger partial charge in [-0.25, -0.2) is 4.98 Å². The Balaban J connectivity index is 1.18. The summed E-state index contributed by atoms with van der Waals surface area (Å²) < 4.78 is 2.04. The van der Waals surface area contributed by atoms with Gasteiger partial charge in [-0.15, -0.1) is 0 Å². The Morgan fingerprint density at radius 2 is 1.83 bits per heavy atom. The Morgan fingerprint density at radius 3 is 2.60 bits per heavy atom. The number of benzene rings is 1. The third-order valence-electron chi connectivity index (χ3n) is 7.88. The smallest absolute Gasteiger partial charge is 0.258 e. The van der Waals surface area contributed by atoms with E-state index in [1.165, 1.54) is 50.9 Å². The van der Waals surface area contributed by atoms with Crippen LogP contribution in [0.3, 0.4) is 0 Å². The van der Waals surface area contributed by atoms with Crippen LogP contribution in [0.15, 0.2) is 35.1 Å². The summed E-state index contributed by atoms with van der Waals surface area (Å²) in [6.07, 6.45) is 7.19. The Labute approximate surface area is 178 Å². The Bertz CT molecular complexity index is 986. The summed E-state index contributed by atoms with van der Waals surface area (Å²) in [7, 11) is 0. The highest BCUT2D eigenvalue weighted by molar-refractivity contribution is 5.25. The molecule has 1 aromatic carbocycles. The molecule has 158 valence electrons. The van der Waals surface area contributed by atoms with E-state index in [1.54, 1.807) is 0 Å². The number of rotatable bonds is 4. The van der Waals surface area contributed by atoms with Crippen LogP contribution in [0, 0.1) is 11.3 Å². The van der Waals surface area contributed by atoms with Crippen molar-refractivity contribution in [2.75, 3.05) is 26.2 Å². The van der Waals surface area contributed by atoms with Gasteiger partial charge in [-0.3, -0.25) is 14.3 Å². The molecule has 5 heteroatoms. The monoisotopic (exact) mass is 404 g/mol. The van der Waals surface area contributed by atoms with Crippen molar-refractivity contribution in [3.8, 4) is 0 Å². The molecule has 4 aliphatic rings. The number of nitrogens with zero attached hydrogens (tertiary/aromatic N) is 4. The fourth-order valence-corrected chi connectivity index (χ4v) is 5.83. The summed E-state index contributed by atoms with van der Waals surface area (Å²) in [5.41, 5.74) is 3.84. The van der Waals surface area contributed by atoms with Crippen LogP contribution in [0.1, 0.15) is 48.3 Å². The molecular weight excluding hydrogens is 372 g/mol. The number of fused-ring (bicyclic) bond motifs is 2. The molecular formula is C25H32N4O. The summed E-state index contributed by atoms with van der Waals surface area (Å²) in [5.74, 6) is 2.03. The Morgan fingerprint density at radius 1 is 1.03 bits per heavy atom. The minimum absolute atomic E-state index is 0.241. The topological polar surface area (TPSA) is 41.4 Å². The molecule has 1 saturated heterocycles. The van der Waals surface area contributed by atoms with E-state index >= 15 is 0 Å². The normalized spacial score (nSPS) is 23.5. The molecule has 0 radical (unpaired) electrons. The van der Waals surface area contributed by atoms with Crippen LogP contribution in [0.4, 0.5) is 0 Å². The van der Waals surface area contributed by atoms with Crippen LogP contribution in [0.25, 0.3) is 0 Å². The second kappa shape index (κ2) is 7.31. The van der Waals surface area contributed by atoms with Gasteiger partial charge in [-0.1, -0.05) is 30.3 Å². The van der Waals surface area contributed by atoms with Crippen molar-refractivity contribution in [1.82, 2.24) is 19.4 Å². The van der Waals surface area contributed by atoms with Gasteiger partial charge in [-0.05, 0) is 55.7 Å². The maximum atomic E-state index is 13.4. The lowest BCUT2D eigenvalue weighted by Gasteiger charge is -2.38. The average Bonchev–Trinajstić information content (AvgIpc) is 3.51. The molecule has 1 aromatic heterocycles. The molecule has 0 atom stereocenters. The number of likely N-dealkylation sites (tertiary alicyclic amines) is 1. The van der Waals surface area contributed by atoms with Gasteiger partial charge >= 0.3 is 0 Å². The first-order chi connectivity index (χ1) is 14.7. The number of aromatic nitrogens is 2. The van der Waals surface area contributed by atoms with Gasteiger partial charge in [0.1, 0.15) is 5.82 Å². The third-order valence-corrected chi connectivity index (χ3v) is 7.88. The lowest BCUT2D eigenvalue weighted by Crippen LogP contribution is -2.42. The molecule has 0 amide bonds. The summed E-state index contributed by atoms with van der Waals surface area (Å²) in [4.78, 5) is 23.5. The lowest BCUT2D eigenvalue weighted by atomic mass is 9.77. The first kappa shape index (κ1) is 18.8. The SMILES string of the molecule is O=c1c2c(nc3n1CC1(CCN(CC4CC4)CC1)C3)CCN(Cc1ccccc1)C2. The highest BCUT2D eigenvalue weighted by Gasteiger charge is 2.42. The summed E-state index contributed by atoms with van der Waals surface area (Å²) in [6, 6.07) is 10.6. The predicted octanol–water partition coefficient (Wildman–Crippen LogP) is 2.85. The number of hydrogen-bond donors (Lipinski definition) is 0. The first-order valence-corrected chi connectivity index (χ1v) is 11.8. The van der Waals surface area contributed by atoms with Crippen LogP contribution in [-0.2, 0) is 32.5 Å². The number of piperidine rings is 1. The fraction of sp³-hybridized carbons (Fsp3) is 0.600. The first-order valence-electron chi connectivity index (χ1n) is 11.8. The molecule has 0 bridgehead atoms. The molecule has 0 unspecified atom stereocenters. The van der Waals surface area contributed by atoms with Gasteiger partial charge in [0.2, 0.25) is 0 Å². The molecule has 5 nitrogen and oxygen atoms in total. The van der Waals surface area contributed by atoms with Gasteiger partial charge in [0.15, 0.2) is 0 Å². The zero-order valence-corrected chi connectivity index (χ0v) is 17.9. The van der Waals surface area contributed by atoms with Crippen molar-refractivity contribution in [3.05, 3.63) is 63.3 Å². The van der Waals surface area contributed by atoms with Crippen LogP contribution in [0.5, 0.6) is 0 Å². The van der Waals surface area contributed by atoms with Gasteiger partial charge in [0, 0.05) is 45.6 Å². The Kier molecular flexibility index (Phi) is 4.57. The van der Waals surface area contributed by atoms with E-state index in [-0.39, 0.29) is 11.0 Å². The van der Waals surface area contributed by atoms with Crippen molar-refractivity contribution in [2.45, 2.75) is 58.2 Å². The predicted molar refractivity (Wildman–Crippen MR) is 117 cm³/mol. The minimum Gasteiger partial charge on any atom is -0.303 e. The molecule has 1 spiro atoms. The molecule has 6 rings (SSSR count). The standard InChI is InChI=1S/C25H32N4O/c30-24-21-17-28(16-19-4-2-1-3-5-19)11-8-22(21)26-23-14-25(18-29(23)24)9-12-27(13-10-25)15-20-6-7-20/h1-5,20H,6-18H2. The molecule has 2 fully saturated rings. The molecule has 1 saturated carbocycles. The van der Waals surface area contributed by atoms with Crippen LogP contribution >= 0.6 is 0 Å². The maximum absolute atomic E-state index is 13.4. The zero-order valence-electron chi connectivity index (χ0n) is 17.9. The molecule has 30 heavy (non-hydrogen) atoms. The molecule has 3 aliphatic heterocycles. The van der Waals surface area contributed by atoms with E-state index in [2.05, 4.69) is 40.1 Å². The Hall–Kier alpha value is -1.98. The molecule has 4 heterocycles. The molecule has 0 N–H and O–H groups in total. The second-order valence-corrected chi connectivity index (χ2v) is 10.2. The van der Waals surface area contributed by atoms with Crippen molar-refractivity contribution in [3.63, 3.8) is 0 Å². The highest BCUT2D eigenvalue weighted by atomic mass is 16.1. The van der Waals surface area contributed by atoms with Gasteiger partial charge < -0.3 is 4.90 Å². The highest BCUT2D eigenvalue weighted by Crippen LogP contribution is 2.41. The average molecular weight is 405 g/mol. The van der Waals surface area contributed by atoms with Crippen molar-refractivity contribution < 1.29 is 0 Å². The van der Waals surface area contributed by atoms with Crippen molar-refractivity contribution in [2.24, 2.45) is 11.3 Å². The van der Waals surface area contributed by atoms with Crippen LogP contribution in [-0.4, -0.2) is 45.5 Å². The summed E-state index contributed by atoms with van der Waals surface area (Å²) in [6.45, 7) is 7.21. The van der Waals surface area contributed by atoms with Crippen molar-refractivity contribution >= 4 is 0 Å². The largest absolute Gasteiger partial charge is 0.303 e. The lowest BCUT2D eigenvalue weighted by molar-refractivity contribution is 0.0994. The molecule has 1 aliphatic carbocycles. The molecule has 2 aromatic rings. The maximum Gasteiger partial charge on any atom is 0.258 e. The fourth-order valence-electron chi connectivity index (χ4n) is 5.83. The van der Waals surface area contributed by atoms with Crippen LogP contribution in [0.2, 0.25) is 0 Å². The third kappa shape index (κ3) is 3.52. The van der Waals surface area contributed by atoms with E-state index in [0.29, 0.717) is 0 Å². The summed E-state index contributed by atoms with van der Waals surface area (Å²) >= 11 is 0. The van der Waals surface area contributed by atoms with E-state index in [9.17, 15) is 4.79 Å². The summed E-state index contributed by atoms with van der Waals surface area (Å²) in [5, 5.41) is 0. The van der Waals surface area contributed by atoms with Gasteiger partial charge in [0.25, 0.3) is 5.56 Å².